The van der Waals surface area contributed by atoms with Gasteiger partial charge in [0, 0.05) is 11.2 Å². The summed E-state index contributed by atoms with van der Waals surface area (Å²) in [4.78, 5) is 20.4. The summed E-state index contributed by atoms with van der Waals surface area (Å²) in [5, 5.41) is 3.20. The summed E-state index contributed by atoms with van der Waals surface area (Å²) >= 11 is 7.08. The van der Waals surface area contributed by atoms with Gasteiger partial charge >= 0.3 is 0 Å². The molecule has 0 spiro atoms. The number of thiazole rings is 1. The lowest BCUT2D eigenvalue weighted by atomic mass is 10.3. The van der Waals surface area contributed by atoms with Crippen LogP contribution in [-0.4, -0.2) is 15.9 Å². The van der Waals surface area contributed by atoms with Gasteiger partial charge in [-0.2, -0.15) is 0 Å². The molecular formula is C10H8ClN3OS. The van der Waals surface area contributed by atoms with Crippen molar-refractivity contribution < 1.29 is 4.79 Å². The molecule has 2 aromatic rings. The number of amides is 1. The van der Waals surface area contributed by atoms with Gasteiger partial charge < -0.3 is 5.32 Å². The van der Waals surface area contributed by atoms with E-state index in [-0.39, 0.29) is 5.91 Å². The van der Waals surface area contributed by atoms with Crippen molar-refractivity contribution in [1.29, 1.82) is 0 Å². The molecule has 0 saturated heterocycles. The third-order valence-electron chi connectivity index (χ3n) is 1.92. The van der Waals surface area contributed by atoms with Crippen LogP contribution in [0.5, 0.6) is 0 Å². The Kier molecular flexibility index (Phi) is 3.17. The molecule has 2 heterocycles. The molecular weight excluding hydrogens is 246 g/mol. The SMILES string of the molecule is Cc1ncsc1C(=O)Nc1cc(Cl)ccn1. The Bertz CT molecular complexity index is 526. The summed E-state index contributed by atoms with van der Waals surface area (Å²) in [5.41, 5.74) is 2.35. The highest BCUT2D eigenvalue weighted by Gasteiger charge is 2.12. The molecule has 0 fully saturated rings. The maximum absolute atomic E-state index is 11.8. The second-order valence-electron chi connectivity index (χ2n) is 3.08. The van der Waals surface area contributed by atoms with Gasteiger partial charge in [0.05, 0.1) is 11.2 Å². The van der Waals surface area contributed by atoms with Crippen molar-refractivity contribution in [2.45, 2.75) is 6.92 Å². The van der Waals surface area contributed by atoms with E-state index in [4.69, 9.17) is 11.6 Å². The molecule has 1 N–H and O–H groups in total. The predicted molar refractivity (Wildman–Crippen MR) is 64.1 cm³/mol. The zero-order valence-electron chi connectivity index (χ0n) is 8.40. The Balaban J connectivity index is 2.17. The van der Waals surface area contributed by atoms with Crippen LogP contribution in [0.2, 0.25) is 5.02 Å². The molecule has 0 bridgehead atoms. The van der Waals surface area contributed by atoms with Crippen LogP contribution in [0, 0.1) is 6.92 Å². The van der Waals surface area contributed by atoms with E-state index in [0.717, 1.165) is 0 Å². The number of anilines is 1. The van der Waals surface area contributed by atoms with Crippen LogP contribution in [-0.2, 0) is 0 Å². The molecule has 16 heavy (non-hydrogen) atoms. The first-order chi connectivity index (χ1) is 7.66. The Morgan fingerprint density at radius 2 is 2.31 bits per heavy atom. The number of carbonyl (C=O) groups excluding carboxylic acids is 1. The number of aromatic nitrogens is 2. The van der Waals surface area contributed by atoms with Crippen molar-refractivity contribution in [3.63, 3.8) is 0 Å². The average molecular weight is 254 g/mol. The van der Waals surface area contributed by atoms with Crippen LogP contribution in [0.15, 0.2) is 23.8 Å². The molecule has 2 aromatic heterocycles. The Labute approximate surface area is 101 Å². The summed E-state index contributed by atoms with van der Waals surface area (Å²) in [7, 11) is 0. The van der Waals surface area contributed by atoms with Crippen molar-refractivity contribution >= 4 is 34.7 Å². The molecule has 0 saturated carbocycles. The van der Waals surface area contributed by atoms with Crippen molar-refractivity contribution in [2.24, 2.45) is 0 Å². The fraction of sp³-hybridized carbons (Fsp3) is 0.100. The minimum Gasteiger partial charge on any atom is -0.306 e. The molecule has 4 nitrogen and oxygen atoms in total. The zero-order chi connectivity index (χ0) is 11.5. The number of halogens is 1. The van der Waals surface area contributed by atoms with Crippen LogP contribution in [0.1, 0.15) is 15.4 Å². The number of pyridine rings is 1. The fourth-order valence-corrected chi connectivity index (χ4v) is 2.02. The molecule has 0 atom stereocenters. The zero-order valence-corrected chi connectivity index (χ0v) is 9.97. The highest BCUT2D eigenvalue weighted by atomic mass is 35.5. The van der Waals surface area contributed by atoms with Gasteiger partial charge in [-0.05, 0) is 19.1 Å². The van der Waals surface area contributed by atoms with Gasteiger partial charge in [-0.25, -0.2) is 9.97 Å². The maximum Gasteiger partial charge on any atom is 0.268 e. The first kappa shape index (κ1) is 11.0. The van der Waals surface area contributed by atoms with Crippen molar-refractivity contribution in [3.8, 4) is 0 Å². The van der Waals surface area contributed by atoms with Crippen LogP contribution in [0.25, 0.3) is 0 Å². The monoisotopic (exact) mass is 253 g/mol. The van der Waals surface area contributed by atoms with Crippen LogP contribution < -0.4 is 5.32 Å². The molecule has 6 heteroatoms. The lowest BCUT2D eigenvalue weighted by Crippen LogP contribution is -2.12. The number of hydrogen-bond acceptors (Lipinski definition) is 4. The number of hydrogen-bond donors (Lipinski definition) is 1. The van der Waals surface area contributed by atoms with Gasteiger partial charge in [0.1, 0.15) is 10.7 Å². The molecule has 0 aromatic carbocycles. The highest BCUT2D eigenvalue weighted by Crippen LogP contribution is 2.16. The van der Waals surface area contributed by atoms with E-state index in [0.29, 0.717) is 21.4 Å². The molecule has 0 radical (unpaired) electrons. The Morgan fingerprint density at radius 3 is 2.94 bits per heavy atom. The van der Waals surface area contributed by atoms with Gasteiger partial charge in [0.2, 0.25) is 0 Å². The fourth-order valence-electron chi connectivity index (χ4n) is 1.17. The van der Waals surface area contributed by atoms with E-state index >= 15 is 0 Å². The van der Waals surface area contributed by atoms with Gasteiger partial charge in [0.25, 0.3) is 5.91 Å². The van der Waals surface area contributed by atoms with E-state index in [2.05, 4.69) is 15.3 Å². The van der Waals surface area contributed by atoms with Crippen molar-refractivity contribution in [2.75, 3.05) is 5.32 Å². The summed E-state index contributed by atoms with van der Waals surface area (Å²) in [6.07, 6.45) is 1.54. The summed E-state index contributed by atoms with van der Waals surface area (Å²) < 4.78 is 0. The molecule has 0 aliphatic carbocycles. The second kappa shape index (κ2) is 4.59. The van der Waals surface area contributed by atoms with E-state index in [1.807, 2.05) is 0 Å². The summed E-state index contributed by atoms with van der Waals surface area (Å²) in [5.74, 6) is 0.222. The number of rotatable bonds is 2. The van der Waals surface area contributed by atoms with E-state index < -0.39 is 0 Å². The minimum absolute atomic E-state index is 0.213. The number of carbonyl (C=O) groups is 1. The van der Waals surface area contributed by atoms with Gasteiger partial charge in [-0.3, -0.25) is 4.79 Å². The first-order valence-corrected chi connectivity index (χ1v) is 5.75. The summed E-state index contributed by atoms with van der Waals surface area (Å²) in [6.45, 7) is 1.79. The van der Waals surface area contributed by atoms with E-state index in [1.165, 1.54) is 17.5 Å². The van der Waals surface area contributed by atoms with E-state index in [9.17, 15) is 4.79 Å². The first-order valence-electron chi connectivity index (χ1n) is 4.50. The topological polar surface area (TPSA) is 54.9 Å². The van der Waals surface area contributed by atoms with Gasteiger partial charge in [-0.15, -0.1) is 11.3 Å². The predicted octanol–water partition coefficient (Wildman–Crippen LogP) is 2.75. The van der Waals surface area contributed by atoms with Crippen LogP contribution in [0.4, 0.5) is 5.82 Å². The van der Waals surface area contributed by atoms with Gasteiger partial charge in [-0.1, -0.05) is 11.6 Å². The Hall–Kier alpha value is -1.46. The van der Waals surface area contributed by atoms with Crippen molar-refractivity contribution in [3.05, 3.63) is 39.4 Å². The van der Waals surface area contributed by atoms with Crippen LogP contribution >= 0.6 is 22.9 Å². The molecule has 0 unspecified atom stereocenters. The molecule has 2 rings (SSSR count). The lowest BCUT2D eigenvalue weighted by Gasteiger charge is -2.02. The molecule has 82 valence electrons. The number of aryl methyl sites for hydroxylation is 1. The van der Waals surface area contributed by atoms with Crippen molar-refractivity contribution in [1.82, 2.24) is 9.97 Å². The largest absolute Gasteiger partial charge is 0.306 e. The maximum atomic E-state index is 11.8. The number of nitrogens with zero attached hydrogens (tertiary/aromatic N) is 2. The molecule has 0 aliphatic heterocycles. The third-order valence-corrected chi connectivity index (χ3v) is 3.08. The minimum atomic E-state index is -0.213. The summed E-state index contributed by atoms with van der Waals surface area (Å²) in [6, 6.07) is 3.24. The molecule has 0 aliphatic rings. The normalized spacial score (nSPS) is 10.1. The lowest BCUT2D eigenvalue weighted by molar-refractivity contribution is 0.102. The number of nitrogens with one attached hydrogen (secondary N) is 1. The third kappa shape index (κ3) is 2.37. The Morgan fingerprint density at radius 1 is 1.50 bits per heavy atom. The average Bonchev–Trinajstić information content (AvgIpc) is 2.64. The van der Waals surface area contributed by atoms with Crippen LogP contribution in [0.3, 0.4) is 0 Å². The second-order valence-corrected chi connectivity index (χ2v) is 4.37. The van der Waals surface area contributed by atoms with E-state index in [1.54, 1.807) is 24.6 Å². The smallest absolute Gasteiger partial charge is 0.268 e. The standard InChI is InChI=1S/C10H8ClN3OS/c1-6-9(16-5-13-6)10(15)14-8-4-7(11)2-3-12-8/h2-5H,1H3,(H,12,14,15). The highest BCUT2D eigenvalue weighted by molar-refractivity contribution is 7.12. The quantitative estimate of drug-likeness (QED) is 0.895. The van der Waals surface area contributed by atoms with Gasteiger partial charge in [0.15, 0.2) is 0 Å². The molecule has 1 amide bonds.